The third kappa shape index (κ3) is 2.82. The molecule has 0 bridgehead atoms. The number of aromatic nitrogens is 1. The van der Waals surface area contributed by atoms with E-state index in [9.17, 15) is 9.18 Å². The zero-order chi connectivity index (χ0) is 12.4. The van der Waals surface area contributed by atoms with Crippen LogP contribution in [0.3, 0.4) is 0 Å². The Labute approximate surface area is 103 Å². The molecule has 2 rings (SSSR count). The van der Waals surface area contributed by atoms with E-state index >= 15 is 0 Å². The summed E-state index contributed by atoms with van der Waals surface area (Å²) in [5.74, 6) is 0.189. The predicted molar refractivity (Wildman–Crippen MR) is 66.5 cm³/mol. The van der Waals surface area contributed by atoms with Crippen LogP contribution in [-0.4, -0.2) is 21.3 Å². The average Bonchev–Trinajstić information content (AvgIpc) is 2.63. The van der Waals surface area contributed by atoms with Gasteiger partial charge >= 0.3 is 0 Å². The maximum atomic E-state index is 12.7. The van der Waals surface area contributed by atoms with Gasteiger partial charge in [-0.1, -0.05) is 25.6 Å². The fourth-order valence-corrected chi connectivity index (χ4v) is 2.37. The van der Waals surface area contributed by atoms with Crippen LogP contribution >= 0.6 is 11.8 Å². The van der Waals surface area contributed by atoms with Gasteiger partial charge < -0.3 is 5.32 Å². The van der Waals surface area contributed by atoms with E-state index in [1.807, 2.05) is 13.8 Å². The largest absolute Gasteiger partial charge is 0.319 e. The lowest BCUT2D eigenvalue weighted by Crippen LogP contribution is -2.17. The Morgan fingerprint density at radius 1 is 1.47 bits per heavy atom. The van der Waals surface area contributed by atoms with Crippen LogP contribution in [0.4, 0.5) is 10.2 Å². The fourth-order valence-electron chi connectivity index (χ4n) is 1.40. The van der Waals surface area contributed by atoms with Gasteiger partial charge in [-0.25, -0.2) is 9.37 Å². The summed E-state index contributed by atoms with van der Waals surface area (Å²) in [5, 5.41) is 3.28. The van der Waals surface area contributed by atoms with E-state index in [1.54, 1.807) is 0 Å². The third-order valence-electron chi connectivity index (χ3n) is 2.26. The quantitative estimate of drug-likeness (QED) is 0.878. The summed E-state index contributed by atoms with van der Waals surface area (Å²) in [6, 6.07) is 2.81. The third-order valence-corrected chi connectivity index (χ3v) is 3.68. The van der Waals surface area contributed by atoms with Crippen molar-refractivity contribution in [1.82, 2.24) is 4.98 Å². The van der Waals surface area contributed by atoms with Gasteiger partial charge in [-0.05, 0) is 18.1 Å². The first-order valence-electron chi connectivity index (χ1n) is 5.24. The van der Waals surface area contributed by atoms with Crippen LogP contribution in [0.15, 0.2) is 23.3 Å². The molecule has 0 radical (unpaired) electrons. The molecule has 0 saturated heterocycles. The van der Waals surface area contributed by atoms with Crippen LogP contribution in [0.2, 0.25) is 0 Å². The molecule has 1 aliphatic heterocycles. The number of rotatable bonds is 2. The van der Waals surface area contributed by atoms with Crippen molar-refractivity contribution in [1.29, 1.82) is 0 Å². The summed E-state index contributed by atoms with van der Waals surface area (Å²) in [6.45, 7) is 3.95. The molecule has 1 unspecified atom stereocenters. The standard InChI is InChI=1S/C11H12FN3OS/c1-6(2)9-10(16)15-11(17-9)14-8-4-3-7(12)5-13-8/h3-6,9H,1-2H3,(H,13,14,15,16). The van der Waals surface area contributed by atoms with Crippen molar-refractivity contribution < 1.29 is 9.18 Å². The Hall–Kier alpha value is -1.43. The topological polar surface area (TPSA) is 54.4 Å². The van der Waals surface area contributed by atoms with Gasteiger partial charge in [0.1, 0.15) is 11.6 Å². The van der Waals surface area contributed by atoms with Gasteiger partial charge in [0.25, 0.3) is 5.91 Å². The van der Waals surface area contributed by atoms with Crippen LogP contribution in [0.5, 0.6) is 0 Å². The van der Waals surface area contributed by atoms with Crippen molar-refractivity contribution in [2.24, 2.45) is 10.9 Å². The molecule has 1 aromatic rings. The molecule has 0 spiro atoms. The van der Waals surface area contributed by atoms with E-state index in [4.69, 9.17) is 0 Å². The van der Waals surface area contributed by atoms with Crippen molar-refractivity contribution in [3.63, 3.8) is 0 Å². The highest BCUT2D eigenvalue weighted by molar-refractivity contribution is 8.15. The van der Waals surface area contributed by atoms with Crippen LogP contribution in [0.25, 0.3) is 0 Å². The first-order chi connectivity index (χ1) is 8.06. The van der Waals surface area contributed by atoms with E-state index in [-0.39, 0.29) is 17.1 Å². The lowest BCUT2D eigenvalue weighted by Gasteiger charge is -2.10. The normalized spacial score (nSPS) is 19.6. The molecule has 6 heteroatoms. The minimum absolute atomic E-state index is 0.130. The summed E-state index contributed by atoms with van der Waals surface area (Å²) < 4.78 is 12.7. The molecular weight excluding hydrogens is 241 g/mol. The van der Waals surface area contributed by atoms with Crippen LogP contribution in [-0.2, 0) is 4.79 Å². The maximum absolute atomic E-state index is 12.7. The minimum Gasteiger partial charge on any atom is -0.319 e. The summed E-state index contributed by atoms with van der Waals surface area (Å²) in [4.78, 5) is 19.3. The summed E-state index contributed by atoms with van der Waals surface area (Å²) in [6.07, 6.45) is 1.12. The number of halogens is 1. The number of nitrogens with zero attached hydrogens (tertiary/aromatic N) is 2. The lowest BCUT2D eigenvalue weighted by atomic mass is 10.1. The smallest absolute Gasteiger partial charge is 0.261 e. The van der Waals surface area contributed by atoms with E-state index < -0.39 is 5.82 Å². The van der Waals surface area contributed by atoms with Gasteiger partial charge in [-0.3, -0.25) is 4.79 Å². The van der Waals surface area contributed by atoms with E-state index in [2.05, 4.69) is 15.3 Å². The molecule has 90 valence electrons. The molecular formula is C11H12FN3OS. The highest BCUT2D eigenvalue weighted by atomic mass is 32.2. The highest BCUT2D eigenvalue weighted by Crippen LogP contribution is 2.28. The van der Waals surface area contributed by atoms with E-state index in [0.29, 0.717) is 11.0 Å². The molecule has 0 fully saturated rings. The number of carbonyl (C=O) groups excluding carboxylic acids is 1. The van der Waals surface area contributed by atoms with E-state index in [0.717, 1.165) is 6.20 Å². The second-order valence-electron chi connectivity index (χ2n) is 4.02. The molecule has 0 saturated carbocycles. The second kappa shape index (κ2) is 4.83. The minimum atomic E-state index is -0.396. The Balaban J connectivity index is 2.04. The Bertz CT molecular complexity index is 458. The Kier molecular flexibility index (Phi) is 3.42. The van der Waals surface area contributed by atoms with Crippen molar-refractivity contribution in [3.05, 3.63) is 24.1 Å². The van der Waals surface area contributed by atoms with E-state index in [1.165, 1.54) is 23.9 Å². The molecule has 1 amide bonds. The number of hydrogen-bond donors (Lipinski definition) is 1. The van der Waals surface area contributed by atoms with Crippen molar-refractivity contribution in [2.75, 3.05) is 5.32 Å². The first kappa shape index (κ1) is 12.0. The van der Waals surface area contributed by atoms with Crippen molar-refractivity contribution in [2.45, 2.75) is 19.1 Å². The lowest BCUT2D eigenvalue weighted by molar-refractivity contribution is -0.117. The number of pyridine rings is 1. The zero-order valence-corrected chi connectivity index (χ0v) is 10.3. The van der Waals surface area contributed by atoms with Crippen LogP contribution < -0.4 is 5.32 Å². The van der Waals surface area contributed by atoms with Gasteiger partial charge in [0, 0.05) is 0 Å². The summed E-state index contributed by atoms with van der Waals surface area (Å²) in [7, 11) is 0. The Morgan fingerprint density at radius 3 is 2.76 bits per heavy atom. The van der Waals surface area contributed by atoms with Gasteiger partial charge in [0.2, 0.25) is 0 Å². The number of thioether (sulfide) groups is 1. The van der Waals surface area contributed by atoms with Crippen molar-refractivity contribution >= 4 is 28.7 Å². The monoisotopic (exact) mass is 253 g/mol. The SMILES string of the molecule is CC(C)C1SC(Nc2ccc(F)cn2)=NC1=O. The molecule has 1 aliphatic rings. The Morgan fingerprint density at radius 2 is 2.24 bits per heavy atom. The number of amidine groups is 1. The maximum Gasteiger partial charge on any atom is 0.261 e. The molecule has 2 heterocycles. The predicted octanol–water partition coefficient (Wildman–Crippen LogP) is 2.29. The molecule has 1 N–H and O–H groups in total. The highest BCUT2D eigenvalue weighted by Gasteiger charge is 2.31. The molecule has 0 aliphatic carbocycles. The first-order valence-corrected chi connectivity index (χ1v) is 6.12. The van der Waals surface area contributed by atoms with Gasteiger partial charge in [-0.15, -0.1) is 0 Å². The molecule has 17 heavy (non-hydrogen) atoms. The molecule has 1 atom stereocenters. The number of amides is 1. The van der Waals surface area contributed by atoms with Gasteiger partial charge in [0.15, 0.2) is 5.17 Å². The molecule has 4 nitrogen and oxygen atoms in total. The van der Waals surface area contributed by atoms with Gasteiger partial charge in [0.05, 0.1) is 11.4 Å². The second-order valence-corrected chi connectivity index (χ2v) is 5.15. The number of carbonyl (C=O) groups is 1. The summed E-state index contributed by atoms with van der Waals surface area (Å²) >= 11 is 1.38. The number of nitrogens with one attached hydrogen (secondary N) is 1. The fraction of sp³-hybridized carbons (Fsp3) is 0.364. The van der Waals surface area contributed by atoms with Crippen LogP contribution in [0.1, 0.15) is 13.8 Å². The number of hydrogen-bond acceptors (Lipinski definition) is 4. The molecule has 0 aromatic carbocycles. The van der Waals surface area contributed by atoms with Crippen LogP contribution in [0, 0.1) is 11.7 Å². The summed E-state index contributed by atoms with van der Waals surface area (Å²) in [5.41, 5.74) is 0. The number of aliphatic imine (C=N–C) groups is 1. The number of anilines is 1. The van der Waals surface area contributed by atoms with Crippen molar-refractivity contribution in [3.8, 4) is 0 Å². The average molecular weight is 253 g/mol. The zero-order valence-electron chi connectivity index (χ0n) is 9.48. The van der Waals surface area contributed by atoms with Gasteiger partial charge in [-0.2, -0.15) is 4.99 Å². The molecule has 1 aromatic heterocycles.